The number of aliphatic imine (C=N–C) groups is 1. The Bertz CT molecular complexity index is 120. The van der Waals surface area contributed by atoms with Gasteiger partial charge in [0.2, 0.25) is 0 Å². The molecule has 0 aromatic rings. The number of nitrogens with zero attached hydrogens (tertiary/aromatic N) is 1. The van der Waals surface area contributed by atoms with Crippen molar-refractivity contribution >= 4 is 12.2 Å². The molecule has 1 atom stereocenters. The summed E-state index contributed by atoms with van der Waals surface area (Å²) in [4.78, 5) is 14.4. The molecule has 0 rings (SSSR count). The standard InChI is InChI=1S/C6H11NO2/c1-4-7-5(2)6(8)9-3/h4-5H,1-3H3/b7-4+. The maximum Gasteiger partial charge on any atom is 0.330 e. The highest BCUT2D eigenvalue weighted by molar-refractivity contribution is 5.77. The number of esters is 1. The van der Waals surface area contributed by atoms with Crippen molar-refractivity contribution in [3.8, 4) is 0 Å². The Labute approximate surface area is 54.7 Å². The third kappa shape index (κ3) is 2.85. The first-order valence-electron chi connectivity index (χ1n) is 2.78. The van der Waals surface area contributed by atoms with Gasteiger partial charge in [0.25, 0.3) is 0 Å². The van der Waals surface area contributed by atoms with Gasteiger partial charge in [0.15, 0.2) is 0 Å². The van der Waals surface area contributed by atoms with E-state index in [1.807, 2.05) is 0 Å². The maximum absolute atomic E-state index is 10.6. The van der Waals surface area contributed by atoms with Gasteiger partial charge in [0.05, 0.1) is 7.11 Å². The fourth-order valence-electron chi connectivity index (χ4n) is 0.455. The number of hydrogen-bond donors (Lipinski definition) is 0. The summed E-state index contributed by atoms with van der Waals surface area (Å²) in [5, 5.41) is 0. The minimum absolute atomic E-state index is 0.298. The van der Waals surface area contributed by atoms with Gasteiger partial charge in [-0.1, -0.05) is 0 Å². The van der Waals surface area contributed by atoms with Gasteiger partial charge in [-0.25, -0.2) is 4.79 Å². The van der Waals surface area contributed by atoms with Gasteiger partial charge in [-0.15, -0.1) is 0 Å². The van der Waals surface area contributed by atoms with Gasteiger partial charge in [0, 0.05) is 0 Å². The van der Waals surface area contributed by atoms with Crippen molar-refractivity contribution in [2.75, 3.05) is 7.11 Å². The van der Waals surface area contributed by atoms with Gasteiger partial charge in [-0.2, -0.15) is 0 Å². The Kier molecular flexibility index (Phi) is 3.67. The zero-order valence-corrected chi connectivity index (χ0v) is 5.92. The predicted molar refractivity (Wildman–Crippen MR) is 35.6 cm³/mol. The first-order chi connectivity index (χ1) is 4.22. The van der Waals surface area contributed by atoms with E-state index in [0.29, 0.717) is 0 Å². The first kappa shape index (κ1) is 8.14. The molecule has 9 heavy (non-hydrogen) atoms. The maximum atomic E-state index is 10.6. The molecule has 0 radical (unpaired) electrons. The van der Waals surface area contributed by atoms with Gasteiger partial charge in [-0.05, 0) is 20.1 Å². The summed E-state index contributed by atoms with van der Waals surface area (Å²) in [7, 11) is 1.35. The smallest absolute Gasteiger partial charge is 0.330 e. The van der Waals surface area contributed by atoms with Gasteiger partial charge < -0.3 is 4.74 Å². The number of hydrogen-bond acceptors (Lipinski definition) is 3. The van der Waals surface area contributed by atoms with Crippen molar-refractivity contribution in [2.45, 2.75) is 19.9 Å². The van der Waals surface area contributed by atoms with E-state index in [0.717, 1.165) is 0 Å². The minimum atomic E-state index is -0.361. The van der Waals surface area contributed by atoms with Crippen molar-refractivity contribution in [3.63, 3.8) is 0 Å². The molecule has 0 bridgehead atoms. The molecule has 0 saturated carbocycles. The van der Waals surface area contributed by atoms with Crippen LogP contribution in [0.3, 0.4) is 0 Å². The monoisotopic (exact) mass is 129 g/mol. The summed E-state index contributed by atoms with van der Waals surface area (Å²) in [6.45, 7) is 3.45. The van der Waals surface area contributed by atoms with E-state index in [1.54, 1.807) is 20.1 Å². The van der Waals surface area contributed by atoms with Crippen LogP contribution in [0.25, 0.3) is 0 Å². The second-order valence-electron chi connectivity index (χ2n) is 1.61. The Hall–Kier alpha value is -0.860. The van der Waals surface area contributed by atoms with Crippen molar-refractivity contribution < 1.29 is 9.53 Å². The molecular weight excluding hydrogens is 118 g/mol. The number of ether oxygens (including phenoxy) is 1. The molecule has 0 aliphatic rings. The summed E-state index contributed by atoms with van der Waals surface area (Å²) in [6.07, 6.45) is 1.58. The largest absolute Gasteiger partial charge is 0.467 e. The van der Waals surface area contributed by atoms with Gasteiger partial charge in [0.1, 0.15) is 6.04 Å². The predicted octanol–water partition coefficient (Wildman–Crippen LogP) is 0.639. The van der Waals surface area contributed by atoms with E-state index in [4.69, 9.17) is 0 Å². The molecule has 0 aliphatic carbocycles. The van der Waals surface area contributed by atoms with Crippen molar-refractivity contribution in [1.29, 1.82) is 0 Å². The van der Waals surface area contributed by atoms with Crippen LogP contribution in [0.4, 0.5) is 0 Å². The highest BCUT2D eigenvalue weighted by Crippen LogP contribution is 1.89. The third-order valence-electron chi connectivity index (χ3n) is 0.915. The molecule has 0 aromatic carbocycles. The molecular formula is C6H11NO2. The molecule has 52 valence electrons. The highest BCUT2D eigenvalue weighted by atomic mass is 16.5. The normalized spacial score (nSPS) is 13.7. The number of rotatable bonds is 2. The zero-order chi connectivity index (χ0) is 7.28. The molecule has 0 saturated heterocycles. The SMILES string of the molecule is C/C=N/C(C)C(=O)OC. The summed E-state index contributed by atoms with van der Waals surface area (Å²) >= 11 is 0. The van der Waals surface area contributed by atoms with E-state index in [-0.39, 0.29) is 12.0 Å². The lowest BCUT2D eigenvalue weighted by Gasteiger charge is -2.00. The Balaban J connectivity index is 3.72. The van der Waals surface area contributed by atoms with Crippen LogP contribution >= 0.6 is 0 Å². The summed E-state index contributed by atoms with van der Waals surface area (Å²) in [6, 6.07) is -0.361. The van der Waals surface area contributed by atoms with E-state index in [9.17, 15) is 4.79 Å². The second-order valence-corrected chi connectivity index (χ2v) is 1.61. The Morgan fingerprint density at radius 1 is 1.78 bits per heavy atom. The van der Waals surface area contributed by atoms with Crippen LogP contribution in [0, 0.1) is 0 Å². The quantitative estimate of drug-likeness (QED) is 0.405. The van der Waals surface area contributed by atoms with Crippen LogP contribution in [0.5, 0.6) is 0 Å². The zero-order valence-electron chi connectivity index (χ0n) is 5.92. The van der Waals surface area contributed by atoms with Crippen LogP contribution in [0.2, 0.25) is 0 Å². The molecule has 0 aromatic heterocycles. The van der Waals surface area contributed by atoms with Crippen LogP contribution in [-0.4, -0.2) is 25.3 Å². The average Bonchev–Trinajstić information content (AvgIpc) is 1.87. The van der Waals surface area contributed by atoms with E-state index >= 15 is 0 Å². The van der Waals surface area contributed by atoms with Crippen molar-refractivity contribution in [3.05, 3.63) is 0 Å². The van der Waals surface area contributed by atoms with Crippen LogP contribution in [-0.2, 0) is 9.53 Å². The molecule has 0 fully saturated rings. The van der Waals surface area contributed by atoms with Crippen LogP contribution in [0.1, 0.15) is 13.8 Å². The number of methoxy groups -OCH3 is 1. The second kappa shape index (κ2) is 4.06. The molecule has 0 heterocycles. The third-order valence-corrected chi connectivity index (χ3v) is 0.915. The van der Waals surface area contributed by atoms with Gasteiger partial charge >= 0.3 is 5.97 Å². The Morgan fingerprint density at radius 2 is 2.33 bits per heavy atom. The fourth-order valence-corrected chi connectivity index (χ4v) is 0.455. The van der Waals surface area contributed by atoms with E-state index < -0.39 is 0 Å². The van der Waals surface area contributed by atoms with Crippen LogP contribution in [0.15, 0.2) is 4.99 Å². The van der Waals surface area contributed by atoms with E-state index in [1.165, 1.54) is 7.11 Å². The molecule has 3 nitrogen and oxygen atoms in total. The summed E-state index contributed by atoms with van der Waals surface area (Å²) in [5.74, 6) is -0.298. The highest BCUT2D eigenvalue weighted by Gasteiger charge is 2.08. The molecule has 0 aliphatic heterocycles. The Morgan fingerprint density at radius 3 is 2.67 bits per heavy atom. The molecule has 1 unspecified atom stereocenters. The summed E-state index contributed by atoms with van der Waals surface area (Å²) < 4.78 is 4.41. The average molecular weight is 129 g/mol. The lowest BCUT2D eigenvalue weighted by Crippen LogP contribution is -2.15. The van der Waals surface area contributed by atoms with Crippen molar-refractivity contribution in [1.82, 2.24) is 0 Å². The van der Waals surface area contributed by atoms with E-state index in [2.05, 4.69) is 9.73 Å². The summed E-state index contributed by atoms with van der Waals surface area (Å²) in [5.41, 5.74) is 0. The topological polar surface area (TPSA) is 38.7 Å². The molecule has 0 N–H and O–H groups in total. The number of carbonyl (C=O) groups excluding carboxylic acids is 1. The minimum Gasteiger partial charge on any atom is -0.467 e. The first-order valence-corrected chi connectivity index (χ1v) is 2.78. The van der Waals surface area contributed by atoms with Crippen LogP contribution < -0.4 is 0 Å². The molecule has 3 heteroatoms. The fraction of sp³-hybridized carbons (Fsp3) is 0.667. The molecule has 0 amide bonds. The van der Waals surface area contributed by atoms with Gasteiger partial charge in [-0.3, -0.25) is 4.99 Å². The number of carbonyl (C=O) groups is 1. The van der Waals surface area contributed by atoms with Crippen molar-refractivity contribution in [2.24, 2.45) is 4.99 Å². The lowest BCUT2D eigenvalue weighted by atomic mass is 10.4. The molecule has 0 spiro atoms. The lowest BCUT2D eigenvalue weighted by molar-refractivity contribution is -0.141.